The first-order valence-corrected chi connectivity index (χ1v) is 10.7. The SMILES string of the molecule is Cc1c2c(cc3c1O/C(=C\c1ccc(Cl)cc1)C3=O)CN(C1CCCCC1)CO2. The Morgan fingerprint density at radius 1 is 1.10 bits per heavy atom. The van der Waals surface area contributed by atoms with Crippen LogP contribution in [0, 0.1) is 6.92 Å². The monoisotopic (exact) mass is 409 g/mol. The molecule has 2 aliphatic heterocycles. The molecule has 1 aliphatic carbocycles. The number of allylic oxidation sites excluding steroid dienone is 1. The minimum Gasteiger partial charge on any atom is -0.477 e. The van der Waals surface area contributed by atoms with E-state index >= 15 is 0 Å². The zero-order valence-electron chi connectivity index (χ0n) is 16.5. The summed E-state index contributed by atoms with van der Waals surface area (Å²) in [6.07, 6.45) is 8.16. The van der Waals surface area contributed by atoms with Gasteiger partial charge in [0.15, 0.2) is 5.76 Å². The second kappa shape index (κ2) is 7.51. The summed E-state index contributed by atoms with van der Waals surface area (Å²) in [5, 5.41) is 0.664. The molecule has 4 nitrogen and oxygen atoms in total. The van der Waals surface area contributed by atoms with E-state index in [4.69, 9.17) is 21.1 Å². The van der Waals surface area contributed by atoms with Crippen molar-refractivity contribution in [2.75, 3.05) is 6.73 Å². The van der Waals surface area contributed by atoms with Crippen LogP contribution in [0.3, 0.4) is 0 Å². The van der Waals surface area contributed by atoms with Gasteiger partial charge in [-0.15, -0.1) is 0 Å². The van der Waals surface area contributed by atoms with Gasteiger partial charge in [-0.2, -0.15) is 0 Å². The number of rotatable bonds is 2. The molecule has 29 heavy (non-hydrogen) atoms. The topological polar surface area (TPSA) is 38.8 Å². The van der Waals surface area contributed by atoms with Gasteiger partial charge in [-0.25, -0.2) is 0 Å². The fraction of sp³-hybridized carbons (Fsp3) is 0.375. The van der Waals surface area contributed by atoms with E-state index in [1.165, 1.54) is 32.1 Å². The van der Waals surface area contributed by atoms with E-state index in [1.807, 2.05) is 25.1 Å². The van der Waals surface area contributed by atoms with Crippen LogP contribution in [0.5, 0.6) is 11.5 Å². The molecular weight excluding hydrogens is 386 g/mol. The van der Waals surface area contributed by atoms with Crippen molar-refractivity contribution in [3.8, 4) is 11.5 Å². The van der Waals surface area contributed by atoms with Crippen molar-refractivity contribution in [2.45, 2.75) is 51.6 Å². The highest BCUT2D eigenvalue weighted by molar-refractivity contribution is 6.30. The van der Waals surface area contributed by atoms with Crippen LogP contribution in [0.15, 0.2) is 36.1 Å². The van der Waals surface area contributed by atoms with Crippen molar-refractivity contribution in [3.05, 3.63) is 63.4 Å². The molecule has 3 aliphatic rings. The lowest BCUT2D eigenvalue weighted by Crippen LogP contribution is -2.41. The Kier molecular flexibility index (Phi) is 4.84. The maximum Gasteiger partial charge on any atom is 0.231 e. The molecule has 0 amide bonds. The standard InChI is InChI=1S/C24H24ClNO3/c1-15-23-17(13-26(14-28-23)19-5-3-2-4-6-19)12-20-22(27)21(29-24(15)20)11-16-7-9-18(25)10-8-16/h7-12,19H,2-6,13-14H2,1H3/b21-11-. The molecule has 5 rings (SSSR count). The molecule has 0 atom stereocenters. The fourth-order valence-corrected chi connectivity index (χ4v) is 4.78. The van der Waals surface area contributed by atoms with Gasteiger partial charge in [0, 0.05) is 28.7 Å². The lowest BCUT2D eigenvalue weighted by atomic mass is 9.93. The third kappa shape index (κ3) is 3.45. The third-order valence-electron chi connectivity index (χ3n) is 6.22. The molecular formula is C24H24ClNO3. The molecule has 1 saturated carbocycles. The number of carbonyl (C=O) groups is 1. The van der Waals surface area contributed by atoms with Crippen molar-refractivity contribution in [3.63, 3.8) is 0 Å². The molecule has 0 saturated heterocycles. The summed E-state index contributed by atoms with van der Waals surface area (Å²) in [5.41, 5.74) is 3.51. The van der Waals surface area contributed by atoms with Crippen molar-refractivity contribution < 1.29 is 14.3 Å². The van der Waals surface area contributed by atoms with Crippen LogP contribution >= 0.6 is 11.6 Å². The van der Waals surface area contributed by atoms with Gasteiger partial charge in [0.2, 0.25) is 5.78 Å². The van der Waals surface area contributed by atoms with Crippen LogP contribution < -0.4 is 9.47 Å². The molecule has 0 N–H and O–H groups in total. The van der Waals surface area contributed by atoms with Crippen molar-refractivity contribution in [1.82, 2.24) is 4.90 Å². The minimum atomic E-state index is -0.0735. The van der Waals surface area contributed by atoms with E-state index in [9.17, 15) is 4.79 Å². The number of fused-ring (bicyclic) bond motifs is 2. The van der Waals surface area contributed by atoms with Crippen molar-refractivity contribution in [2.24, 2.45) is 0 Å². The van der Waals surface area contributed by atoms with E-state index in [2.05, 4.69) is 4.90 Å². The normalized spacial score (nSPS) is 20.9. The van der Waals surface area contributed by atoms with Crippen LogP contribution in [-0.2, 0) is 6.54 Å². The van der Waals surface area contributed by atoms with Gasteiger partial charge in [0.05, 0.1) is 5.56 Å². The first kappa shape index (κ1) is 18.7. The molecule has 0 aromatic heterocycles. The van der Waals surface area contributed by atoms with Crippen LogP contribution in [0.4, 0.5) is 0 Å². The molecule has 0 bridgehead atoms. The summed E-state index contributed by atoms with van der Waals surface area (Å²) in [6.45, 7) is 3.42. The molecule has 0 radical (unpaired) electrons. The van der Waals surface area contributed by atoms with Crippen LogP contribution in [0.25, 0.3) is 6.08 Å². The number of ketones is 1. The molecule has 2 aromatic rings. The number of carbonyl (C=O) groups excluding carboxylic acids is 1. The van der Waals surface area contributed by atoms with E-state index < -0.39 is 0 Å². The molecule has 150 valence electrons. The summed E-state index contributed by atoms with van der Waals surface area (Å²) < 4.78 is 12.1. The Bertz CT molecular complexity index is 990. The molecule has 0 unspecified atom stereocenters. The summed E-state index contributed by atoms with van der Waals surface area (Å²) in [5.74, 6) is 1.77. The smallest absolute Gasteiger partial charge is 0.231 e. The van der Waals surface area contributed by atoms with Gasteiger partial charge in [0.1, 0.15) is 18.2 Å². The molecule has 5 heteroatoms. The second-order valence-electron chi connectivity index (χ2n) is 8.17. The predicted molar refractivity (Wildman–Crippen MR) is 113 cm³/mol. The average Bonchev–Trinajstić information content (AvgIpc) is 3.06. The first-order valence-electron chi connectivity index (χ1n) is 10.3. The number of nitrogens with zero attached hydrogens (tertiary/aromatic N) is 1. The van der Waals surface area contributed by atoms with Crippen molar-refractivity contribution in [1.29, 1.82) is 0 Å². The van der Waals surface area contributed by atoms with E-state index in [0.29, 0.717) is 34.9 Å². The van der Waals surface area contributed by atoms with Crippen LogP contribution in [0.1, 0.15) is 59.2 Å². The highest BCUT2D eigenvalue weighted by Gasteiger charge is 2.34. The molecule has 2 heterocycles. The van der Waals surface area contributed by atoms with Gasteiger partial charge in [-0.3, -0.25) is 9.69 Å². The van der Waals surface area contributed by atoms with E-state index in [0.717, 1.165) is 29.0 Å². The number of hydrogen-bond acceptors (Lipinski definition) is 4. The van der Waals surface area contributed by atoms with Crippen LogP contribution in [-0.4, -0.2) is 23.5 Å². The summed E-state index contributed by atoms with van der Waals surface area (Å²) in [4.78, 5) is 15.4. The highest BCUT2D eigenvalue weighted by atomic mass is 35.5. The van der Waals surface area contributed by atoms with Gasteiger partial charge >= 0.3 is 0 Å². The predicted octanol–water partition coefficient (Wildman–Crippen LogP) is 5.75. The number of Topliss-reactive ketones (excluding diaryl/α,β-unsaturated/α-hetero) is 1. The highest BCUT2D eigenvalue weighted by Crippen LogP contribution is 2.43. The Balaban J connectivity index is 1.44. The Morgan fingerprint density at radius 3 is 2.62 bits per heavy atom. The minimum absolute atomic E-state index is 0.0735. The summed E-state index contributed by atoms with van der Waals surface area (Å²) >= 11 is 5.95. The summed E-state index contributed by atoms with van der Waals surface area (Å²) in [6, 6.07) is 9.90. The van der Waals surface area contributed by atoms with Gasteiger partial charge in [-0.05, 0) is 49.6 Å². The Hall–Kier alpha value is -2.30. The van der Waals surface area contributed by atoms with E-state index in [1.54, 1.807) is 18.2 Å². The largest absolute Gasteiger partial charge is 0.477 e. The molecule has 1 fully saturated rings. The number of benzene rings is 2. The second-order valence-corrected chi connectivity index (χ2v) is 8.61. The van der Waals surface area contributed by atoms with Gasteiger partial charge in [0.25, 0.3) is 0 Å². The maximum absolute atomic E-state index is 13.0. The molecule has 2 aromatic carbocycles. The maximum atomic E-state index is 13.0. The first-order chi connectivity index (χ1) is 14.1. The van der Waals surface area contributed by atoms with Crippen molar-refractivity contribution >= 4 is 23.5 Å². The van der Waals surface area contributed by atoms with Gasteiger partial charge in [-0.1, -0.05) is 43.0 Å². The quantitative estimate of drug-likeness (QED) is 0.592. The number of hydrogen-bond donors (Lipinski definition) is 0. The summed E-state index contributed by atoms with van der Waals surface area (Å²) in [7, 11) is 0. The Morgan fingerprint density at radius 2 is 1.86 bits per heavy atom. The third-order valence-corrected chi connectivity index (χ3v) is 6.48. The molecule has 0 spiro atoms. The lowest BCUT2D eigenvalue weighted by Gasteiger charge is -2.37. The van der Waals surface area contributed by atoms with Gasteiger partial charge < -0.3 is 9.47 Å². The number of halogens is 1. The zero-order valence-corrected chi connectivity index (χ0v) is 17.3. The zero-order chi connectivity index (χ0) is 20.0. The Labute approximate surface area is 176 Å². The van der Waals surface area contributed by atoms with E-state index in [-0.39, 0.29) is 5.78 Å². The fourth-order valence-electron chi connectivity index (χ4n) is 4.66. The lowest BCUT2D eigenvalue weighted by molar-refractivity contribution is 0.0397. The van der Waals surface area contributed by atoms with Crippen LogP contribution in [0.2, 0.25) is 5.02 Å². The average molecular weight is 410 g/mol. The number of ether oxygens (including phenoxy) is 2.